The number of halogens is 1. The molecule has 4 aliphatic rings. The van der Waals surface area contributed by atoms with Crippen molar-refractivity contribution in [1.29, 1.82) is 0 Å². The SMILES string of the molecule is CC[C@@H](CO)N1C(=O)[C@@H]2[C@H]3C(=O)OCCC=C[C@@]3(C)S[C@@]23C=CCN(c2c(C)cccc2Cl)C(=O)C13. The Balaban J connectivity index is 1.71. The summed E-state index contributed by atoms with van der Waals surface area (Å²) in [5, 5.41) is 10.7. The summed E-state index contributed by atoms with van der Waals surface area (Å²) in [5.74, 6) is -2.50. The number of cyclic esters (lactones) is 1. The molecule has 2 saturated heterocycles. The van der Waals surface area contributed by atoms with Crippen LogP contribution in [0, 0.1) is 18.8 Å². The van der Waals surface area contributed by atoms with Gasteiger partial charge in [-0.05, 0) is 38.3 Å². The van der Waals surface area contributed by atoms with Crippen LogP contribution in [-0.4, -0.2) is 69.1 Å². The number of benzene rings is 1. The van der Waals surface area contributed by atoms with E-state index in [-0.39, 0.29) is 31.6 Å². The lowest BCUT2D eigenvalue weighted by molar-refractivity contribution is -0.154. The van der Waals surface area contributed by atoms with Crippen LogP contribution in [0.4, 0.5) is 5.69 Å². The molecule has 4 aliphatic heterocycles. The van der Waals surface area contributed by atoms with Crippen molar-refractivity contribution in [3.63, 3.8) is 0 Å². The summed E-state index contributed by atoms with van der Waals surface area (Å²) in [6, 6.07) is 4.02. The van der Waals surface area contributed by atoms with Gasteiger partial charge < -0.3 is 19.6 Å². The molecule has 6 atom stereocenters. The lowest BCUT2D eigenvalue weighted by atomic mass is 9.74. The van der Waals surface area contributed by atoms with E-state index in [1.165, 1.54) is 11.8 Å². The lowest BCUT2D eigenvalue weighted by Crippen LogP contribution is -2.57. The molecule has 1 N–H and O–H groups in total. The molecular formula is C27H31ClN2O5S. The predicted molar refractivity (Wildman–Crippen MR) is 140 cm³/mol. The Bertz CT molecular complexity index is 1150. The fourth-order valence-electron chi connectivity index (χ4n) is 6.40. The normalized spacial score (nSPS) is 34.5. The van der Waals surface area contributed by atoms with E-state index >= 15 is 0 Å². The van der Waals surface area contributed by atoms with Crippen molar-refractivity contribution in [3.05, 3.63) is 53.1 Å². The Morgan fingerprint density at radius 2 is 1.97 bits per heavy atom. The smallest absolute Gasteiger partial charge is 0.311 e. The van der Waals surface area contributed by atoms with Gasteiger partial charge in [0.2, 0.25) is 5.91 Å². The molecule has 1 aromatic carbocycles. The van der Waals surface area contributed by atoms with Gasteiger partial charge in [0.1, 0.15) is 6.04 Å². The van der Waals surface area contributed by atoms with E-state index in [1.54, 1.807) is 15.9 Å². The van der Waals surface area contributed by atoms with Gasteiger partial charge in [0.05, 0.1) is 46.5 Å². The molecule has 9 heteroatoms. The second-order valence-corrected chi connectivity index (χ2v) is 12.3. The average molecular weight is 531 g/mol. The van der Waals surface area contributed by atoms with Gasteiger partial charge in [-0.15, -0.1) is 11.8 Å². The summed E-state index contributed by atoms with van der Waals surface area (Å²) >= 11 is 8.07. The number of thioether (sulfide) groups is 1. The summed E-state index contributed by atoms with van der Waals surface area (Å²) in [5.41, 5.74) is 1.46. The van der Waals surface area contributed by atoms with Gasteiger partial charge in [-0.2, -0.15) is 0 Å². The van der Waals surface area contributed by atoms with Gasteiger partial charge in [0.15, 0.2) is 0 Å². The van der Waals surface area contributed by atoms with Crippen molar-refractivity contribution in [2.45, 2.75) is 55.2 Å². The summed E-state index contributed by atoms with van der Waals surface area (Å²) in [7, 11) is 0. The summed E-state index contributed by atoms with van der Waals surface area (Å²) in [4.78, 5) is 45.2. The zero-order valence-corrected chi connectivity index (χ0v) is 22.2. The lowest BCUT2D eigenvalue weighted by Gasteiger charge is -2.40. The number of hydrogen-bond acceptors (Lipinski definition) is 6. The minimum atomic E-state index is -0.992. The molecule has 7 nitrogen and oxygen atoms in total. The fourth-order valence-corrected chi connectivity index (χ4v) is 8.86. The number of ether oxygens (including phenoxy) is 1. The highest BCUT2D eigenvalue weighted by molar-refractivity contribution is 8.02. The van der Waals surface area contributed by atoms with Crippen LogP contribution in [0.25, 0.3) is 0 Å². The number of amides is 2. The van der Waals surface area contributed by atoms with Gasteiger partial charge in [0, 0.05) is 11.3 Å². The standard InChI is InChI=1S/C27H31ClN2O5S/c1-4-17(15-31)30-22-24(33)29(21-16(2)9-7-10-18(21)28)13-8-12-27(22)19(23(30)32)20-25(34)35-14-6-5-11-26(20,3)36-27/h5,7-12,17,19-20,22,31H,4,6,13-15H2,1-3H3/t17-,19-,20-,22?,26+,27-/m0/s1. The highest BCUT2D eigenvalue weighted by Gasteiger charge is 2.74. The van der Waals surface area contributed by atoms with Crippen LogP contribution in [0.3, 0.4) is 0 Å². The van der Waals surface area contributed by atoms with Crippen molar-refractivity contribution in [2.24, 2.45) is 11.8 Å². The van der Waals surface area contributed by atoms with Crippen molar-refractivity contribution in [1.82, 2.24) is 4.90 Å². The quantitative estimate of drug-likeness (QED) is 0.473. The van der Waals surface area contributed by atoms with E-state index in [0.717, 1.165) is 5.56 Å². The third-order valence-electron chi connectivity index (χ3n) is 7.99. The first kappa shape index (κ1) is 25.4. The number of aliphatic hydroxyl groups is 1. The topological polar surface area (TPSA) is 87.2 Å². The van der Waals surface area contributed by atoms with Gasteiger partial charge in [0.25, 0.3) is 5.91 Å². The number of esters is 1. The molecule has 4 heterocycles. The number of rotatable bonds is 4. The largest absolute Gasteiger partial charge is 0.465 e. The van der Waals surface area contributed by atoms with E-state index in [2.05, 4.69) is 0 Å². The number of likely N-dealkylation sites (tertiary alicyclic amines) is 1. The Kier molecular flexibility index (Phi) is 6.50. The van der Waals surface area contributed by atoms with Crippen LogP contribution in [-0.2, 0) is 19.1 Å². The fraction of sp³-hybridized carbons (Fsp3) is 0.519. The van der Waals surface area contributed by atoms with Crippen LogP contribution >= 0.6 is 23.4 Å². The summed E-state index contributed by atoms with van der Waals surface area (Å²) in [6.45, 7) is 6.00. The van der Waals surface area contributed by atoms with Gasteiger partial charge in [-0.1, -0.05) is 55.0 Å². The molecule has 0 aliphatic carbocycles. The molecule has 1 unspecified atom stereocenters. The highest BCUT2D eigenvalue weighted by atomic mass is 35.5. The van der Waals surface area contributed by atoms with Crippen LogP contribution in [0.15, 0.2) is 42.5 Å². The van der Waals surface area contributed by atoms with Crippen LogP contribution in [0.1, 0.15) is 32.3 Å². The molecule has 36 heavy (non-hydrogen) atoms. The number of fused-ring (bicyclic) bond motifs is 2. The Hall–Kier alpha value is -2.29. The number of carbonyl (C=O) groups excluding carboxylic acids is 3. The maximum atomic E-state index is 14.5. The molecule has 1 spiro atoms. The average Bonchev–Trinajstić information content (AvgIpc) is 3.15. The number of nitrogens with zero attached hydrogens (tertiary/aromatic N) is 2. The van der Waals surface area contributed by atoms with E-state index in [0.29, 0.717) is 23.6 Å². The van der Waals surface area contributed by atoms with Crippen molar-refractivity contribution in [3.8, 4) is 0 Å². The number of aryl methyl sites for hydroxylation is 1. The maximum Gasteiger partial charge on any atom is 0.311 e. The molecule has 192 valence electrons. The molecule has 0 aromatic heterocycles. The second-order valence-electron chi connectivity index (χ2n) is 10.1. The number of aliphatic hydroxyl groups excluding tert-OH is 1. The first-order valence-corrected chi connectivity index (χ1v) is 13.6. The van der Waals surface area contributed by atoms with Crippen molar-refractivity contribution >= 4 is 46.8 Å². The van der Waals surface area contributed by atoms with E-state index in [9.17, 15) is 19.5 Å². The zero-order valence-electron chi connectivity index (χ0n) is 20.6. The summed E-state index contributed by atoms with van der Waals surface area (Å²) < 4.78 is 3.85. The van der Waals surface area contributed by atoms with E-state index < -0.39 is 39.4 Å². The molecule has 2 amide bonds. The zero-order chi connectivity index (χ0) is 25.8. The third-order valence-corrected chi connectivity index (χ3v) is 10.1. The van der Waals surface area contributed by atoms with Crippen LogP contribution in [0.5, 0.6) is 0 Å². The molecular weight excluding hydrogens is 500 g/mol. The Labute approximate surface area is 220 Å². The van der Waals surface area contributed by atoms with Gasteiger partial charge in [-0.25, -0.2) is 0 Å². The molecule has 5 rings (SSSR count). The van der Waals surface area contributed by atoms with E-state index in [1.807, 2.05) is 57.2 Å². The summed E-state index contributed by atoms with van der Waals surface area (Å²) in [6.07, 6.45) is 8.94. The Morgan fingerprint density at radius 3 is 2.67 bits per heavy atom. The van der Waals surface area contributed by atoms with Crippen molar-refractivity contribution in [2.75, 3.05) is 24.7 Å². The first-order chi connectivity index (χ1) is 17.2. The van der Waals surface area contributed by atoms with Gasteiger partial charge >= 0.3 is 5.97 Å². The molecule has 0 bridgehead atoms. The predicted octanol–water partition coefficient (Wildman–Crippen LogP) is 3.51. The number of para-hydroxylation sites is 1. The maximum absolute atomic E-state index is 14.5. The van der Waals surface area contributed by atoms with Gasteiger partial charge in [-0.3, -0.25) is 14.4 Å². The van der Waals surface area contributed by atoms with E-state index in [4.69, 9.17) is 16.3 Å². The third kappa shape index (κ3) is 3.56. The van der Waals surface area contributed by atoms with Crippen LogP contribution in [0.2, 0.25) is 5.02 Å². The minimum Gasteiger partial charge on any atom is -0.465 e. The molecule has 2 fully saturated rings. The number of carbonyl (C=O) groups is 3. The minimum absolute atomic E-state index is 0.260. The van der Waals surface area contributed by atoms with Crippen molar-refractivity contribution < 1.29 is 24.2 Å². The molecule has 0 saturated carbocycles. The second kappa shape index (κ2) is 9.23. The number of anilines is 1. The Morgan fingerprint density at radius 1 is 1.19 bits per heavy atom. The molecule has 1 aromatic rings. The number of hydrogen-bond donors (Lipinski definition) is 1. The first-order valence-electron chi connectivity index (χ1n) is 12.4. The van der Waals surface area contributed by atoms with Crippen LogP contribution < -0.4 is 4.90 Å². The molecule has 0 radical (unpaired) electrons. The highest BCUT2D eigenvalue weighted by Crippen LogP contribution is 2.65. The monoisotopic (exact) mass is 530 g/mol.